The van der Waals surface area contributed by atoms with E-state index in [2.05, 4.69) is 10.4 Å². The van der Waals surface area contributed by atoms with E-state index >= 15 is 0 Å². The number of rotatable bonds is 3. The number of nitrogens with two attached hydrogens (primary N) is 1. The highest BCUT2D eigenvalue weighted by Crippen LogP contribution is 2.12. The number of primary amides is 1. The molecular weight excluding hydrogens is 192 g/mol. The molecule has 5 heteroatoms. The Bertz CT molecular complexity index is 341. The van der Waals surface area contributed by atoms with Gasteiger partial charge >= 0.3 is 0 Å². The summed E-state index contributed by atoms with van der Waals surface area (Å²) in [6.07, 6.45) is 5.68. The quantitative estimate of drug-likeness (QED) is 0.733. The highest BCUT2D eigenvalue weighted by molar-refractivity contribution is 5.92. The third kappa shape index (κ3) is 2.56. The zero-order valence-corrected chi connectivity index (χ0v) is 8.65. The zero-order chi connectivity index (χ0) is 10.7. The minimum absolute atomic E-state index is 0.414. The van der Waals surface area contributed by atoms with E-state index in [0.29, 0.717) is 11.5 Å². The predicted octanol–water partition coefficient (Wildman–Crippen LogP) is -0.0184. The molecule has 3 N–H and O–H groups in total. The second kappa shape index (κ2) is 4.44. The summed E-state index contributed by atoms with van der Waals surface area (Å²) < 4.78 is 1.80. The number of hydrogen-bond donors (Lipinski definition) is 2. The summed E-state index contributed by atoms with van der Waals surface area (Å²) in [5.74, 6) is 0.197. The van der Waals surface area contributed by atoms with E-state index in [4.69, 9.17) is 5.73 Å². The number of piperidine rings is 1. The fraction of sp³-hybridized carbons (Fsp3) is 0.600. The van der Waals surface area contributed by atoms with E-state index in [1.807, 2.05) is 0 Å². The molecule has 15 heavy (non-hydrogen) atoms. The number of carbonyl (C=O) groups excluding carboxylic acids is 1. The molecule has 0 aromatic carbocycles. The smallest absolute Gasteiger partial charge is 0.251 e. The molecule has 0 bridgehead atoms. The van der Waals surface area contributed by atoms with E-state index in [1.165, 1.54) is 19.0 Å². The Labute approximate surface area is 88.6 Å². The van der Waals surface area contributed by atoms with Gasteiger partial charge in [-0.25, -0.2) is 0 Å². The SMILES string of the molecule is NC(=O)c1cnn(C[C@H]2CCCNC2)c1. The van der Waals surface area contributed by atoms with Crippen molar-refractivity contribution in [3.63, 3.8) is 0 Å². The summed E-state index contributed by atoms with van der Waals surface area (Å²) in [5.41, 5.74) is 5.64. The van der Waals surface area contributed by atoms with Gasteiger partial charge in [0.05, 0.1) is 11.8 Å². The summed E-state index contributed by atoms with van der Waals surface area (Å²) >= 11 is 0. The van der Waals surface area contributed by atoms with E-state index in [-0.39, 0.29) is 0 Å². The van der Waals surface area contributed by atoms with Gasteiger partial charge in [0.1, 0.15) is 0 Å². The molecule has 0 saturated carbocycles. The van der Waals surface area contributed by atoms with Crippen molar-refractivity contribution in [2.24, 2.45) is 11.7 Å². The molecule has 1 amide bonds. The van der Waals surface area contributed by atoms with Crippen LogP contribution in [0.25, 0.3) is 0 Å². The summed E-state index contributed by atoms with van der Waals surface area (Å²) in [5, 5.41) is 7.47. The standard InChI is InChI=1S/C10H16N4O/c11-10(15)9-5-13-14(7-9)6-8-2-1-3-12-4-8/h5,7-8,12H,1-4,6H2,(H2,11,15)/t8-/m0/s1. The fourth-order valence-corrected chi connectivity index (χ4v) is 1.94. The van der Waals surface area contributed by atoms with Crippen LogP contribution in [0.2, 0.25) is 0 Å². The first-order valence-corrected chi connectivity index (χ1v) is 5.28. The van der Waals surface area contributed by atoms with Crippen molar-refractivity contribution in [1.29, 1.82) is 0 Å². The topological polar surface area (TPSA) is 72.9 Å². The van der Waals surface area contributed by atoms with Crippen LogP contribution in [-0.4, -0.2) is 28.8 Å². The number of hydrogen-bond acceptors (Lipinski definition) is 3. The number of nitrogens with one attached hydrogen (secondary N) is 1. The van der Waals surface area contributed by atoms with Crippen LogP contribution < -0.4 is 11.1 Å². The molecule has 1 aromatic heterocycles. The number of aromatic nitrogens is 2. The molecule has 5 nitrogen and oxygen atoms in total. The average molecular weight is 208 g/mol. The van der Waals surface area contributed by atoms with Gasteiger partial charge in [-0.1, -0.05) is 0 Å². The third-order valence-electron chi connectivity index (χ3n) is 2.76. The van der Waals surface area contributed by atoms with Crippen LogP contribution in [0, 0.1) is 5.92 Å². The molecule has 82 valence electrons. The van der Waals surface area contributed by atoms with Gasteiger partial charge in [-0.3, -0.25) is 9.48 Å². The first-order chi connectivity index (χ1) is 7.25. The Hall–Kier alpha value is -1.36. The number of carbonyl (C=O) groups is 1. The molecular formula is C10H16N4O. The van der Waals surface area contributed by atoms with Crippen molar-refractivity contribution in [1.82, 2.24) is 15.1 Å². The van der Waals surface area contributed by atoms with Gasteiger partial charge in [0.15, 0.2) is 0 Å². The lowest BCUT2D eigenvalue weighted by molar-refractivity contribution is 0.1000. The summed E-state index contributed by atoms with van der Waals surface area (Å²) in [6.45, 7) is 3.01. The molecule has 1 aromatic rings. The van der Waals surface area contributed by atoms with Gasteiger partial charge in [-0.15, -0.1) is 0 Å². The molecule has 1 saturated heterocycles. The van der Waals surface area contributed by atoms with Crippen molar-refractivity contribution in [2.45, 2.75) is 19.4 Å². The Balaban J connectivity index is 1.94. The number of amides is 1. The molecule has 1 aliphatic heterocycles. The summed E-state index contributed by atoms with van der Waals surface area (Å²) in [6, 6.07) is 0. The van der Waals surface area contributed by atoms with Crippen molar-refractivity contribution in [3.05, 3.63) is 18.0 Å². The fourth-order valence-electron chi connectivity index (χ4n) is 1.94. The van der Waals surface area contributed by atoms with Gasteiger partial charge in [0, 0.05) is 12.7 Å². The summed E-state index contributed by atoms with van der Waals surface area (Å²) in [4.78, 5) is 10.9. The Morgan fingerprint density at radius 1 is 1.73 bits per heavy atom. The van der Waals surface area contributed by atoms with Crippen LogP contribution in [-0.2, 0) is 6.54 Å². The van der Waals surface area contributed by atoms with Crippen molar-refractivity contribution < 1.29 is 4.79 Å². The summed E-state index contributed by atoms with van der Waals surface area (Å²) in [7, 11) is 0. The van der Waals surface area contributed by atoms with Crippen molar-refractivity contribution in [2.75, 3.05) is 13.1 Å². The van der Waals surface area contributed by atoms with Gasteiger partial charge in [-0.2, -0.15) is 5.10 Å². The third-order valence-corrected chi connectivity index (χ3v) is 2.76. The lowest BCUT2D eigenvalue weighted by Gasteiger charge is -2.22. The van der Waals surface area contributed by atoms with Gasteiger partial charge in [0.25, 0.3) is 5.91 Å². The maximum atomic E-state index is 10.9. The van der Waals surface area contributed by atoms with Crippen molar-refractivity contribution in [3.8, 4) is 0 Å². The molecule has 1 atom stereocenters. The van der Waals surface area contributed by atoms with E-state index < -0.39 is 5.91 Å². The number of nitrogens with zero attached hydrogens (tertiary/aromatic N) is 2. The lowest BCUT2D eigenvalue weighted by atomic mass is 10.00. The second-order valence-corrected chi connectivity index (χ2v) is 4.03. The maximum absolute atomic E-state index is 10.9. The molecule has 0 unspecified atom stereocenters. The molecule has 2 heterocycles. The second-order valence-electron chi connectivity index (χ2n) is 4.03. The largest absolute Gasteiger partial charge is 0.366 e. The first-order valence-electron chi connectivity index (χ1n) is 5.28. The zero-order valence-electron chi connectivity index (χ0n) is 8.65. The van der Waals surface area contributed by atoms with E-state index in [0.717, 1.165) is 19.6 Å². The van der Waals surface area contributed by atoms with E-state index in [1.54, 1.807) is 10.9 Å². The van der Waals surface area contributed by atoms with Crippen LogP contribution in [0.15, 0.2) is 12.4 Å². The van der Waals surface area contributed by atoms with Gasteiger partial charge in [0.2, 0.25) is 0 Å². The Morgan fingerprint density at radius 2 is 2.60 bits per heavy atom. The Morgan fingerprint density at radius 3 is 3.20 bits per heavy atom. The minimum Gasteiger partial charge on any atom is -0.366 e. The minimum atomic E-state index is -0.414. The van der Waals surface area contributed by atoms with Crippen LogP contribution in [0.5, 0.6) is 0 Å². The van der Waals surface area contributed by atoms with Gasteiger partial charge < -0.3 is 11.1 Å². The molecule has 2 rings (SSSR count). The van der Waals surface area contributed by atoms with Crippen LogP contribution >= 0.6 is 0 Å². The lowest BCUT2D eigenvalue weighted by Crippen LogP contribution is -2.32. The highest BCUT2D eigenvalue weighted by Gasteiger charge is 2.14. The van der Waals surface area contributed by atoms with Crippen molar-refractivity contribution >= 4 is 5.91 Å². The predicted molar refractivity (Wildman–Crippen MR) is 56.3 cm³/mol. The normalized spacial score (nSPS) is 21.5. The van der Waals surface area contributed by atoms with Crippen LogP contribution in [0.1, 0.15) is 23.2 Å². The highest BCUT2D eigenvalue weighted by atomic mass is 16.1. The average Bonchev–Trinajstić information content (AvgIpc) is 2.68. The van der Waals surface area contributed by atoms with Gasteiger partial charge in [-0.05, 0) is 31.8 Å². The monoisotopic (exact) mass is 208 g/mol. The molecule has 1 aliphatic rings. The first kappa shape index (κ1) is 10.2. The molecule has 0 aliphatic carbocycles. The van der Waals surface area contributed by atoms with Crippen LogP contribution in [0.3, 0.4) is 0 Å². The molecule has 1 fully saturated rings. The van der Waals surface area contributed by atoms with Crippen LogP contribution in [0.4, 0.5) is 0 Å². The van der Waals surface area contributed by atoms with E-state index in [9.17, 15) is 4.79 Å². The Kier molecular flexibility index (Phi) is 3.01. The molecule has 0 radical (unpaired) electrons. The maximum Gasteiger partial charge on any atom is 0.251 e. The molecule has 0 spiro atoms.